The molecule has 0 aliphatic heterocycles. The van der Waals surface area contributed by atoms with Crippen molar-refractivity contribution in [3.05, 3.63) is 133 Å². The summed E-state index contributed by atoms with van der Waals surface area (Å²) >= 11 is 0. The van der Waals surface area contributed by atoms with Crippen molar-refractivity contribution in [1.82, 2.24) is 0 Å². The third-order valence-electron chi connectivity index (χ3n) is 5.73. The Bertz CT molecular complexity index is 1330. The minimum Gasteiger partial charge on any atom is -0.497 e. The molecule has 166 valence electrons. The summed E-state index contributed by atoms with van der Waals surface area (Å²) in [6.07, 6.45) is 7.90. The molecule has 0 fully saturated rings. The first kappa shape index (κ1) is 21.9. The number of hydrogen-bond donors (Lipinski definition) is 0. The van der Waals surface area contributed by atoms with E-state index in [4.69, 9.17) is 9.15 Å². The molecule has 0 aliphatic rings. The first-order valence-electron chi connectivity index (χ1n) is 11.2. The molecule has 0 bridgehead atoms. The van der Waals surface area contributed by atoms with E-state index in [0.29, 0.717) is 0 Å². The number of furan rings is 1. The summed E-state index contributed by atoms with van der Waals surface area (Å²) in [7, 11) is 0.958. The smallest absolute Gasteiger partial charge is 0.118 e. The summed E-state index contributed by atoms with van der Waals surface area (Å²) in [6, 6.07) is 38.3. The largest absolute Gasteiger partial charge is 0.497 e. The fraction of sp³-hybridized carbons (Fsp3) is 0.0323. The fourth-order valence-electron chi connectivity index (χ4n) is 4.03. The van der Waals surface area contributed by atoms with Gasteiger partial charge in [-0.2, -0.15) is 0 Å². The molecule has 5 aromatic rings. The van der Waals surface area contributed by atoms with Gasteiger partial charge >= 0.3 is 0 Å². The number of benzene rings is 4. The van der Waals surface area contributed by atoms with Crippen LogP contribution in [0.1, 0.15) is 11.1 Å². The predicted octanol–water partition coefficient (Wildman–Crippen LogP) is 6.88. The highest BCUT2D eigenvalue weighted by Crippen LogP contribution is 2.38. The first-order chi connectivity index (χ1) is 16.8. The summed E-state index contributed by atoms with van der Waals surface area (Å²) in [5.74, 6) is 0.852. The van der Waals surface area contributed by atoms with E-state index >= 15 is 0 Å². The van der Waals surface area contributed by atoms with E-state index in [1.165, 1.54) is 21.5 Å². The van der Waals surface area contributed by atoms with E-state index in [2.05, 4.69) is 97.1 Å². The second-order valence-electron chi connectivity index (χ2n) is 7.87. The molecule has 1 heterocycles. The molecule has 0 saturated heterocycles. The van der Waals surface area contributed by atoms with E-state index in [0.717, 1.165) is 22.4 Å². The molecule has 3 heteroatoms. The van der Waals surface area contributed by atoms with Gasteiger partial charge in [0.2, 0.25) is 0 Å². The van der Waals surface area contributed by atoms with E-state index in [9.17, 15) is 0 Å². The highest BCUT2D eigenvalue weighted by molar-refractivity contribution is 7.80. The van der Waals surface area contributed by atoms with Gasteiger partial charge in [-0.25, -0.2) is 0 Å². The van der Waals surface area contributed by atoms with Gasteiger partial charge in [-0.15, -0.1) is 0 Å². The molecule has 0 saturated carbocycles. The lowest BCUT2D eigenvalue weighted by atomic mass is 10.0. The van der Waals surface area contributed by atoms with E-state index in [1.54, 1.807) is 7.11 Å². The molecule has 0 amide bonds. The minimum absolute atomic E-state index is 0.722. The zero-order valence-electron chi connectivity index (χ0n) is 19.0. The summed E-state index contributed by atoms with van der Waals surface area (Å²) in [5.41, 5.74) is 4.46. The molecule has 34 heavy (non-hydrogen) atoms. The van der Waals surface area contributed by atoms with E-state index in [-0.39, 0.29) is 0 Å². The predicted molar refractivity (Wildman–Crippen MR) is 145 cm³/mol. The van der Waals surface area contributed by atoms with Gasteiger partial charge in [0.25, 0.3) is 0 Å². The van der Waals surface area contributed by atoms with Crippen molar-refractivity contribution in [2.75, 3.05) is 7.11 Å². The third-order valence-corrected chi connectivity index (χ3v) is 8.23. The van der Waals surface area contributed by atoms with Crippen LogP contribution in [0.5, 0.6) is 5.75 Å². The van der Waals surface area contributed by atoms with Crippen LogP contribution in [0.3, 0.4) is 0 Å². The van der Waals surface area contributed by atoms with Crippen LogP contribution in [0.2, 0.25) is 0 Å². The third kappa shape index (κ3) is 4.73. The van der Waals surface area contributed by atoms with Gasteiger partial charge in [0.05, 0.1) is 19.6 Å². The molecule has 1 aromatic heterocycles. The average molecular weight is 461 g/mol. The Morgan fingerprint density at radius 2 is 1.24 bits per heavy atom. The van der Waals surface area contributed by atoms with Crippen LogP contribution in [-0.2, 0) is 0 Å². The number of methoxy groups -OCH3 is 1. The summed E-state index contributed by atoms with van der Waals surface area (Å²) < 4.78 is 11.0. The molecule has 0 aliphatic carbocycles. The van der Waals surface area contributed by atoms with Gasteiger partial charge in [0.15, 0.2) is 0 Å². The van der Waals surface area contributed by atoms with Gasteiger partial charge in [0.1, 0.15) is 5.75 Å². The molecule has 0 atom stereocenters. The Morgan fingerprint density at radius 1 is 0.618 bits per heavy atom. The van der Waals surface area contributed by atoms with Crippen molar-refractivity contribution in [2.24, 2.45) is 0 Å². The lowest BCUT2D eigenvalue weighted by molar-refractivity contribution is 0.415. The Hall–Kier alpha value is -3.87. The number of ether oxygens (including phenoxy) is 1. The summed E-state index contributed by atoms with van der Waals surface area (Å²) in [4.78, 5) is 0. The van der Waals surface area contributed by atoms with Crippen LogP contribution in [-0.4, -0.2) is 7.11 Å². The highest BCUT2D eigenvalue weighted by atomic mass is 31.1. The number of rotatable bonds is 7. The lowest BCUT2D eigenvalue weighted by Crippen LogP contribution is -2.22. The van der Waals surface area contributed by atoms with Crippen LogP contribution < -0.4 is 20.7 Å². The molecular formula is C31H25O2P. The normalized spacial score (nSPS) is 11.2. The number of hydrogen-bond acceptors (Lipinski definition) is 2. The maximum absolute atomic E-state index is 5.71. The van der Waals surface area contributed by atoms with Gasteiger partial charge in [0, 0.05) is 11.1 Å². The van der Waals surface area contributed by atoms with Gasteiger partial charge in [-0.05, 0) is 47.1 Å². The van der Waals surface area contributed by atoms with Crippen LogP contribution >= 0.6 is 7.92 Å². The van der Waals surface area contributed by atoms with Gasteiger partial charge in [-0.1, -0.05) is 109 Å². The molecule has 4 aromatic carbocycles. The van der Waals surface area contributed by atoms with Crippen LogP contribution in [0, 0.1) is 0 Å². The Morgan fingerprint density at radius 3 is 1.88 bits per heavy atom. The monoisotopic (exact) mass is 460 g/mol. The SMILES string of the molecule is COc1ccc(C=Cc2cocc2-c2ccccc2P(c2ccccc2)c2ccccc2)cc1. The molecular weight excluding hydrogens is 435 g/mol. The van der Waals surface area contributed by atoms with Crippen molar-refractivity contribution < 1.29 is 9.15 Å². The van der Waals surface area contributed by atoms with Crippen LogP contribution in [0.25, 0.3) is 23.3 Å². The zero-order valence-corrected chi connectivity index (χ0v) is 19.9. The molecule has 0 spiro atoms. The molecule has 5 rings (SSSR count). The van der Waals surface area contributed by atoms with E-state index < -0.39 is 7.92 Å². The summed E-state index contributed by atoms with van der Waals surface area (Å²) in [5, 5.41) is 3.97. The fourth-order valence-corrected chi connectivity index (χ4v) is 6.50. The van der Waals surface area contributed by atoms with E-state index in [1.807, 2.05) is 36.8 Å². The zero-order chi connectivity index (χ0) is 23.2. The van der Waals surface area contributed by atoms with Crippen molar-refractivity contribution >= 4 is 36.0 Å². The second-order valence-corrected chi connectivity index (χ2v) is 10.1. The first-order valence-corrected chi connectivity index (χ1v) is 12.6. The minimum atomic E-state index is -0.722. The van der Waals surface area contributed by atoms with Crippen molar-refractivity contribution in [2.45, 2.75) is 0 Å². The summed E-state index contributed by atoms with van der Waals surface area (Å²) in [6.45, 7) is 0. The lowest BCUT2D eigenvalue weighted by Gasteiger charge is -2.22. The van der Waals surface area contributed by atoms with Gasteiger partial charge in [-0.3, -0.25) is 0 Å². The van der Waals surface area contributed by atoms with Gasteiger partial charge < -0.3 is 9.15 Å². The Kier molecular flexibility index (Phi) is 6.70. The quantitative estimate of drug-likeness (QED) is 0.247. The van der Waals surface area contributed by atoms with Crippen molar-refractivity contribution in [1.29, 1.82) is 0 Å². The maximum Gasteiger partial charge on any atom is 0.118 e. The Labute approximate surface area is 201 Å². The van der Waals surface area contributed by atoms with Crippen molar-refractivity contribution in [3.8, 4) is 16.9 Å². The molecule has 0 N–H and O–H groups in total. The van der Waals surface area contributed by atoms with Crippen LogP contribution in [0.15, 0.2) is 126 Å². The maximum atomic E-state index is 5.71. The topological polar surface area (TPSA) is 22.4 Å². The highest BCUT2D eigenvalue weighted by Gasteiger charge is 2.21. The Balaban J connectivity index is 1.57. The van der Waals surface area contributed by atoms with Crippen molar-refractivity contribution in [3.63, 3.8) is 0 Å². The molecule has 0 unspecified atom stereocenters. The molecule has 2 nitrogen and oxygen atoms in total. The van der Waals surface area contributed by atoms with Crippen LogP contribution in [0.4, 0.5) is 0 Å². The molecule has 0 radical (unpaired) electrons. The standard InChI is InChI=1S/C31H25O2P/c1-32-26-20-17-24(18-21-26)16-19-25-22-33-23-30(25)29-14-8-9-15-31(29)34(27-10-4-2-5-11-27)28-12-6-3-7-13-28/h2-23H,1H3. The second kappa shape index (κ2) is 10.4. The average Bonchev–Trinajstić information content (AvgIpc) is 3.38.